The van der Waals surface area contributed by atoms with Gasteiger partial charge in [-0.15, -0.1) is 0 Å². The summed E-state index contributed by atoms with van der Waals surface area (Å²) in [4.78, 5) is 0. The van der Waals surface area contributed by atoms with Crippen molar-refractivity contribution in [1.82, 2.24) is 5.32 Å². The quantitative estimate of drug-likeness (QED) is 0.908. The fourth-order valence-corrected chi connectivity index (χ4v) is 2.88. The van der Waals surface area contributed by atoms with Crippen LogP contribution in [0.3, 0.4) is 0 Å². The maximum atomic E-state index is 6.25. The Bertz CT molecular complexity index is 484. The van der Waals surface area contributed by atoms with Crippen molar-refractivity contribution in [2.24, 2.45) is 0 Å². The SMILES string of the molecule is CNC1COC(c2ccccc2)(c2ccccc2)C1. The Balaban J connectivity index is 2.07. The van der Waals surface area contributed by atoms with Gasteiger partial charge in [-0.2, -0.15) is 0 Å². The zero-order valence-corrected chi connectivity index (χ0v) is 11.2. The molecule has 1 unspecified atom stereocenters. The zero-order chi connectivity index (χ0) is 13.1. The minimum atomic E-state index is -0.309. The normalized spacial score (nSPS) is 21.4. The van der Waals surface area contributed by atoms with Gasteiger partial charge in [-0.3, -0.25) is 0 Å². The van der Waals surface area contributed by atoms with E-state index >= 15 is 0 Å². The van der Waals surface area contributed by atoms with Crippen LogP contribution in [0.15, 0.2) is 60.7 Å². The van der Waals surface area contributed by atoms with Crippen molar-refractivity contribution in [3.8, 4) is 0 Å². The molecule has 1 heterocycles. The third kappa shape index (κ3) is 2.18. The first-order valence-corrected chi connectivity index (χ1v) is 6.77. The highest BCUT2D eigenvalue weighted by Gasteiger charge is 2.42. The molecule has 0 bridgehead atoms. The smallest absolute Gasteiger partial charge is 0.120 e. The molecule has 2 aromatic carbocycles. The van der Waals surface area contributed by atoms with Crippen molar-refractivity contribution in [2.75, 3.05) is 13.7 Å². The average molecular weight is 253 g/mol. The first-order valence-electron chi connectivity index (χ1n) is 6.77. The Kier molecular flexibility index (Phi) is 3.36. The molecule has 0 aliphatic carbocycles. The maximum absolute atomic E-state index is 6.25. The third-order valence-electron chi connectivity index (χ3n) is 3.95. The first-order chi connectivity index (χ1) is 9.35. The standard InChI is InChI=1S/C17H19NO/c1-18-16-12-17(19-13-16,14-8-4-2-5-9-14)15-10-6-3-7-11-15/h2-11,16,18H,12-13H2,1H3. The molecule has 0 saturated carbocycles. The number of rotatable bonds is 3. The highest BCUT2D eigenvalue weighted by atomic mass is 16.5. The van der Waals surface area contributed by atoms with Gasteiger partial charge in [0.05, 0.1) is 6.61 Å². The van der Waals surface area contributed by atoms with E-state index in [1.165, 1.54) is 11.1 Å². The van der Waals surface area contributed by atoms with E-state index in [9.17, 15) is 0 Å². The molecular weight excluding hydrogens is 234 g/mol. The van der Waals surface area contributed by atoms with E-state index in [0.717, 1.165) is 13.0 Å². The van der Waals surface area contributed by atoms with Crippen molar-refractivity contribution in [3.05, 3.63) is 71.8 Å². The zero-order valence-electron chi connectivity index (χ0n) is 11.2. The lowest BCUT2D eigenvalue weighted by Crippen LogP contribution is -2.30. The van der Waals surface area contributed by atoms with Crippen LogP contribution in [-0.2, 0) is 10.3 Å². The summed E-state index contributed by atoms with van der Waals surface area (Å²) in [6, 6.07) is 21.4. The fraction of sp³-hybridized carbons (Fsp3) is 0.294. The number of hydrogen-bond acceptors (Lipinski definition) is 2. The van der Waals surface area contributed by atoms with Gasteiger partial charge in [0.1, 0.15) is 5.60 Å². The topological polar surface area (TPSA) is 21.3 Å². The second kappa shape index (κ2) is 5.16. The van der Waals surface area contributed by atoms with Gasteiger partial charge >= 0.3 is 0 Å². The van der Waals surface area contributed by atoms with Gasteiger partial charge < -0.3 is 10.1 Å². The third-order valence-corrected chi connectivity index (χ3v) is 3.95. The molecule has 0 spiro atoms. The van der Waals surface area contributed by atoms with Gasteiger partial charge in [-0.25, -0.2) is 0 Å². The lowest BCUT2D eigenvalue weighted by Gasteiger charge is -2.29. The predicted molar refractivity (Wildman–Crippen MR) is 77.1 cm³/mol. The summed E-state index contributed by atoms with van der Waals surface area (Å²) < 4.78 is 6.25. The molecule has 2 heteroatoms. The Labute approximate surface area is 114 Å². The van der Waals surface area contributed by atoms with E-state index in [-0.39, 0.29) is 5.60 Å². The number of ether oxygens (including phenoxy) is 1. The molecule has 1 fully saturated rings. The summed E-state index contributed by atoms with van der Waals surface area (Å²) in [7, 11) is 2.00. The maximum Gasteiger partial charge on any atom is 0.120 e. The molecule has 2 nitrogen and oxygen atoms in total. The summed E-state index contributed by atoms with van der Waals surface area (Å²) in [6.45, 7) is 0.750. The van der Waals surface area contributed by atoms with Crippen LogP contribution in [0.5, 0.6) is 0 Å². The van der Waals surface area contributed by atoms with Crippen molar-refractivity contribution < 1.29 is 4.74 Å². The summed E-state index contributed by atoms with van der Waals surface area (Å²) in [5.74, 6) is 0. The van der Waals surface area contributed by atoms with Gasteiger partial charge in [0.2, 0.25) is 0 Å². The van der Waals surface area contributed by atoms with Gasteiger partial charge in [0.25, 0.3) is 0 Å². The number of likely N-dealkylation sites (N-methyl/N-ethyl adjacent to an activating group) is 1. The monoisotopic (exact) mass is 253 g/mol. The Morgan fingerprint density at radius 3 is 1.89 bits per heavy atom. The van der Waals surface area contributed by atoms with Gasteiger partial charge in [-0.1, -0.05) is 60.7 Å². The lowest BCUT2D eigenvalue weighted by atomic mass is 9.83. The second-order valence-corrected chi connectivity index (χ2v) is 5.06. The van der Waals surface area contributed by atoms with Crippen LogP contribution in [0.2, 0.25) is 0 Å². The van der Waals surface area contributed by atoms with E-state index in [2.05, 4.69) is 53.8 Å². The van der Waals surface area contributed by atoms with Gasteiger partial charge in [0, 0.05) is 12.5 Å². The fourth-order valence-electron chi connectivity index (χ4n) is 2.88. The highest BCUT2D eigenvalue weighted by Crippen LogP contribution is 2.42. The highest BCUT2D eigenvalue weighted by molar-refractivity contribution is 5.37. The minimum Gasteiger partial charge on any atom is -0.364 e. The van der Waals surface area contributed by atoms with Crippen LogP contribution >= 0.6 is 0 Å². The molecule has 2 aromatic rings. The largest absolute Gasteiger partial charge is 0.364 e. The summed E-state index contributed by atoms with van der Waals surface area (Å²) in [5.41, 5.74) is 2.16. The van der Waals surface area contributed by atoms with E-state index in [1.54, 1.807) is 0 Å². The van der Waals surface area contributed by atoms with Crippen molar-refractivity contribution in [3.63, 3.8) is 0 Å². The molecular formula is C17H19NO. The Morgan fingerprint density at radius 2 is 1.47 bits per heavy atom. The van der Waals surface area contributed by atoms with Crippen LogP contribution in [0, 0.1) is 0 Å². The van der Waals surface area contributed by atoms with Crippen LogP contribution in [-0.4, -0.2) is 19.7 Å². The molecule has 1 aliphatic heterocycles. The molecule has 0 amide bonds. The summed E-state index contributed by atoms with van der Waals surface area (Å²) >= 11 is 0. The van der Waals surface area contributed by atoms with Crippen molar-refractivity contribution >= 4 is 0 Å². The molecule has 98 valence electrons. The molecule has 1 aliphatic rings. The summed E-state index contributed by atoms with van der Waals surface area (Å²) in [5, 5.41) is 3.33. The van der Waals surface area contributed by atoms with Gasteiger partial charge in [-0.05, 0) is 18.2 Å². The van der Waals surface area contributed by atoms with E-state index in [1.807, 2.05) is 19.2 Å². The minimum absolute atomic E-state index is 0.309. The first kappa shape index (κ1) is 12.4. The predicted octanol–water partition coefficient (Wildman–Crippen LogP) is 2.94. The van der Waals surface area contributed by atoms with Crippen LogP contribution < -0.4 is 5.32 Å². The molecule has 3 rings (SSSR count). The van der Waals surface area contributed by atoms with Gasteiger partial charge in [0.15, 0.2) is 0 Å². The molecule has 0 radical (unpaired) electrons. The molecule has 0 aromatic heterocycles. The van der Waals surface area contributed by atoms with Crippen molar-refractivity contribution in [1.29, 1.82) is 0 Å². The average Bonchev–Trinajstić information content (AvgIpc) is 2.95. The molecule has 1 saturated heterocycles. The summed E-state index contributed by atoms with van der Waals surface area (Å²) in [6.07, 6.45) is 0.970. The number of benzene rings is 2. The Morgan fingerprint density at radius 1 is 0.947 bits per heavy atom. The van der Waals surface area contributed by atoms with E-state index in [4.69, 9.17) is 4.74 Å². The number of nitrogens with one attached hydrogen (secondary N) is 1. The molecule has 1 N–H and O–H groups in total. The van der Waals surface area contributed by atoms with E-state index in [0.29, 0.717) is 6.04 Å². The van der Waals surface area contributed by atoms with Crippen molar-refractivity contribution in [2.45, 2.75) is 18.1 Å². The van der Waals surface area contributed by atoms with Crippen LogP contribution in [0.4, 0.5) is 0 Å². The molecule has 19 heavy (non-hydrogen) atoms. The second-order valence-electron chi connectivity index (χ2n) is 5.06. The van der Waals surface area contributed by atoms with Crippen LogP contribution in [0.25, 0.3) is 0 Å². The van der Waals surface area contributed by atoms with E-state index < -0.39 is 0 Å². The van der Waals surface area contributed by atoms with Crippen LogP contribution in [0.1, 0.15) is 17.5 Å². The number of hydrogen-bond donors (Lipinski definition) is 1. The molecule has 1 atom stereocenters. The lowest BCUT2D eigenvalue weighted by molar-refractivity contribution is 0.0351. The Hall–Kier alpha value is -1.64.